The minimum atomic E-state index is -4.71. The van der Waals surface area contributed by atoms with E-state index in [1.807, 2.05) is 0 Å². The normalized spacial score (nSPS) is 13.4. The van der Waals surface area contributed by atoms with Gasteiger partial charge in [-0.25, -0.2) is 9.78 Å². The summed E-state index contributed by atoms with van der Waals surface area (Å²) in [5.41, 5.74) is 10.6. The van der Waals surface area contributed by atoms with Crippen molar-refractivity contribution in [2.24, 2.45) is 5.73 Å². The van der Waals surface area contributed by atoms with Crippen molar-refractivity contribution in [3.05, 3.63) is 47.7 Å². The molecule has 2 heterocycles. The molecule has 1 atom stereocenters. The number of fused-ring (bicyclic) bond motifs is 1. The molecular formula is C21H22F3N5O3. The monoisotopic (exact) mass is 449 g/mol. The number of nitrogens with zero attached hydrogens (tertiary/aromatic N) is 2. The first-order chi connectivity index (χ1) is 14.9. The third-order valence-corrected chi connectivity index (χ3v) is 4.45. The van der Waals surface area contributed by atoms with Gasteiger partial charge in [-0.05, 0) is 50.6 Å². The molecule has 0 saturated heterocycles. The molecule has 0 aliphatic carbocycles. The Morgan fingerprint density at radius 2 is 1.97 bits per heavy atom. The lowest BCUT2D eigenvalue weighted by atomic mass is 10.0. The molecule has 32 heavy (non-hydrogen) atoms. The molecule has 0 bridgehead atoms. The van der Waals surface area contributed by atoms with E-state index in [0.717, 1.165) is 11.6 Å². The fraction of sp³-hybridized carbons (Fsp3) is 0.286. The lowest BCUT2D eigenvalue weighted by Gasteiger charge is -2.27. The second-order valence-electron chi connectivity index (χ2n) is 7.63. The van der Waals surface area contributed by atoms with Crippen molar-refractivity contribution in [1.29, 1.82) is 0 Å². The van der Waals surface area contributed by atoms with Gasteiger partial charge in [0.2, 0.25) is 0 Å². The fourth-order valence-corrected chi connectivity index (χ4v) is 3.38. The van der Waals surface area contributed by atoms with Crippen molar-refractivity contribution in [2.45, 2.75) is 32.5 Å². The van der Waals surface area contributed by atoms with Gasteiger partial charge in [0, 0.05) is 11.8 Å². The molecule has 1 unspecified atom stereocenters. The number of alkyl halides is 3. The number of rotatable bonds is 6. The van der Waals surface area contributed by atoms with Crippen molar-refractivity contribution >= 4 is 23.2 Å². The molecule has 8 nitrogen and oxygen atoms in total. The van der Waals surface area contributed by atoms with Crippen LogP contribution in [-0.2, 0) is 10.9 Å². The Kier molecular flexibility index (Phi) is 6.02. The van der Waals surface area contributed by atoms with Crippen LogP contribution in [-0.4, -0.2) is 33.3 Å². The zero-order valence-electron chi connectivity index (χ0n) is 17.6. The molecule has 0 radical (unpaired) electrons. The van der Waals surface area contributed by atoms with Gasteiger partial charge in [-0.15, -0.1) is 0 Å². The summed E-state index contributed by atoms with van der Waals surface area (Å²) in [7, 11) is 0. The van der Waals surface area contributed by atoms with Gasteiger partial charge in [0.15, 0.2) is 17.2 Å². The molecule has 170 valence electrons. The van der Waals surface area contributed by atoms with Crippen molar-refractivity contribution in [3.8, 4) is 16.9 Å². The number of hydrogen-bond acceptors (Lipinski definition) is 6. The number of H-pyrrole nitrogens is 1. The molecule has 0 saturated carbocycles. The molecular weight excluding hydrogens is 427 g/mol. The first-order valence-electron chi connectivity index (χ1n) is 9.47. The number of allylic oxidation sites excluding steroid dienone is 1. The predicted molar refractivity (Wildman–Crippen MR) is 113 cm³/mol. The van der Waals surface area contributed by atoms with Crippen molar-refractivity contribution in [3.63, 3.8) is 0 Å². The van der Waals surface area contributed by atoms with E-state index in [0.29, 0.717) is 11.1 Å². The number of carbonyl (C=O) groups excluding carboxylic acids is 1. The highest BCUT2D eigenvalue weighted by Gasteiger charge is 2.36. The number of aromatic nitrogens is 3. The average molecular weight is 449 g/mol. The number of nitrogens with two attached hydrogens (primary N) is 2. The minimum absolute atomic E-state index is 0.101. The molecule has 11 heteroatoms. The number of benzene rings is 1. The van der Waals surface area contributed by atoms with Crippen molar-refractivity contribution < 1.29 is 27.4 Å². The van der Waals surface area contributed by atoms with Gasteiger partial charge < -0.3 is 25.9 Å². The Morgan fingerprint density at radius 3 is 2.59 bits per heavy atom. The number of aromatic amines is 1. The number of nitrogens with one attached hydrogen (secondary N) is 1. The van der Waals surface area contributed by atoms with E-state index in [4.69, 9.17) is 20.9 Å². The Labute approximate surface area is 181 Å². The van der Waals surface area contributed by atoms with Crippen molar-refractivity contribution in [1.82, 2.24) is 15.0 Å². The maximum atomic E-state index is 13.9. The summed E-state index contributed by atoms with van der Waals surface area (Å²) in [4.78, 5) is 22.1. The highest BCUT2D eigenvalue weighted by molar-refractivity contribution is 5.90. The summed E-state index contributed by atoms with van der Waals surface area (Å²) in [5, 5.41) is 0. The number of imidazole rings is 1. The molecule has 0 spiro atoms. The molecule has 0 aliphatic rings. The fourth-order valence-electron chi connectivity index (χ4n) is 3.38. The molecule has 0 aliphatic heterocycles. The van der Waals surface area contributed by atoms with E-state index in [1.54, 1.807) is 26.0 Å². The van der Waals surface area contributed by atoms with Crippen LogP contribution in [0.15, 0.2) is 42.1 Å². The van der Waals surface area contributed by atoms with E-state index >= 15 is 0 Å². The van der Waals surface area contributed by atoms with Crippen LogP contribution in [0.25, 0.3) is 22.3 Å². The number of carbonyl (C=O) groups is 1. The minimum Gasteiger partial charge on any atom is -0.488 e. The van der Waals surface area contributed by atoms with Gasteiger partial charge >= 0.3 is 12.3 Å². The topological polar surface area (TPSA) is 129 Å². The number of hydrogen-bond donors (Lipinski definition) is 3. The van der Waals surface area contributed by atoms with Gasteiger partial charge in [-0.2, -0.15) is 18.2 Å². The van der Waals surface area contributed by atoms with Gasteiger partial charge in [-0.3, -0.25) is 0 Å². The number of primary amides is 1. The van der Waals surface area contributed by atoms with Gasteiger partial charge in [0.25, 0.3) is 0 Å². The zero-order chi connectivity index (χ0) is 23.7. The largest absolute Gasteiger partial charge is 0.488 e. The molecule has 0 fully saturated rings. The summed E-state index contributed by atoms with van der Waals surface area (Å²) in [5.74, 6) is -0.318. The van der Waals surface area contributed by atoms with Crippen LogP contribution in [0.5, 0.6) is 5.75 Å². The molecule has 3 rings (SSSR count). The smallest absolute Gasteiger partial charge is 0.419 e. The summed E-state index contributed by atoms with van der Waals surface area (Å²) < 4.78 is 52.1. The van der Waals surface area contributed by atoms with Crippen LogP contribution >= 0.6 is 0 Å². The highest BCUT2D eigenvalue weighted by atomic mass is 19.4. The van der Waals surface area contributed by atoms with Crippen molar-refractivity contribution in [2.75, 3.05) is 12.3 Å². The lowest BCUT2D eigenvalue weighted by Crippen LogP contribution is -2.38. The lowest BCUT2D eigenvalue weighted by molar-refractivity contribution is -0.139. The highest BCUT2D eigenvalue weighted by Crippen LogP contribution is 2.40. The average Bonchev–Trinajstić information content (AvgIpc) is 3.04. The Morgan fingerprint density at radius 1 is 1.25 bits per heavy atom. The Hall–Kier alpha value is -3.76. The number of ether oxygens (including phenoxy) is 2. The van der Waals surface area contributed by atoms with Crippen LogP contribution in [0.2, 0.25) is 0 Å². The molecule has 2 aromatic heterocycles. The first-order valence-corrected chi connectivity index (χ1v) is 9.47. The van der Waals surface area contributed by atoms with Crippen LogP contribution < -0.4 is 16.2 Å². The zero-order valence-corrected chi connectivity index (χ0v) is 17.6. The maximum Gasteiger partial charge on any atom is 0.419 e. The SMILES string of the molecule is CC(C)=CC(C)(COc1ccc(-c2ccnc3nc(N)[nH]c23)cc1C(F)(F)F)OC(N)=O. The molecule has 1 amide bonds. The molecule has 1 aromatic carbocycles. The van der Waals surface area contributed by atoms with Crippen LogP contribution in [0.3, 0.4) is 0 Å². The maximum absolute atomic E-state index is 13.9. The van der Waals surface area contributed by atoms with Gasteiger partial charge in [0.05, 0.1) is 11.1 Å². The summed E-state index contributed by atoms with van der Waals surface area (Å²) >= 11 is 0. The summed E-state index contributed by atoms with van der Waals surface area (Å²) in [6.07, 6.45) is -2.79. The number of anilines is 1. The van der Waals surface area contributed by atoms with E-state index in [1.165, 1.54) is 25.3 Å². The third-order valence-electron chi connectivity index (χ3n) is 4.45. The van der Waals surface area contributed by atoms with E-state index < -0.39 is 29.2 Å². The predicted octanol–water partition coefficient (Wildman–Crippen LogP) is 4.42. The van der Waals surface area contributed by atoms with Gasteiger partial charge in [0.1, 0.15) is 12.4 Å². The number of halogens is 3. The van der Waals surface area contributed by atoms with E-state index in [2.05, 4.69) is 15.0 Å². The summed E-state index contributed by atoms with van der Waals surface area (Å²) in [6.45, 7) is 4.61. The molecule has 5 N–H and O–H groups in total. The quantitative estimate of drug-likeness (QED) is 0.478. The Balaban J connectivity index is 2.01. The number of pyridine rings is 1. The van der Waals surface area contributed by atoms with Gasteiger partial charge in [-0.1, -0.05) is 11.6 Å². The second-order valence-corrected chi connectivity index (χ2v) is 7.63. The summed E-state index contributed by atoms with van der Waals surface area (Å²) in [6, 6.07) is 5.21. The van der Waals surface area contributed by atoms with Crippen LogP contribution in [0.1, 0.15) is 26.3 Å². The van der Waals surface area contributed by atoms with E-state index in [9.17, 15) is 18.0 Å². The molecule has 3 aromatic rings. The number of amides is 1. The third kappa shape index (κ3) is 5.10. The Bertz CT molecular complexity index is 1190. The van der Waals surface area contributed by atoms with Crippen LogP contribution in [0.4, 0.5) is 23.9 Å². The second kappa shape index (κ2) is 8.40. The number of nitrogen functional groups attached to an aromatic ring is 1. The van der Waals surface area contributed by atoms with E-state index in [-0.39, 0.29) is 23.8 Å². The standard InChI is InChI=1S/C21H22F3N5O3/c1-11(2)9-20(3,32-19(26)30)10-31-15-5-4-12(8-14(15)21(22,23)24)13-6-7-27-17-16(13)28-18(25)29-17/h4-9H,10H2,1-3H3,(H2,26,30)(H3,25,27,28,29). The van der Waals surface area contributed by atoms with Crippen LogP contribution in [0, 0.1) is 0 Å². The first kappa shape index (κ1) is 22.9.